The topological polar surface area (TPSA) is 62.3 Å². The average molecular weight is 341 g/mol. The van der Waals surface area contributed by atoms with E-state index < -0.39 is 6.36 Å². The normalized spacial score (nSPS) is 14.7. The number of rotatable bonds is 7. The highest BCUT2D eigenvalue weighted by Crippen LogP contribution is 2.37. The van der Waals surface area contributed by atoms with E-state index in [0.717, 1.165) is 18.4 Å². The fourth-order valence-electron chi connectivity index (χ4n) is 2.27. The minimum atomic E-state index is -4.76. The Bertz CT molecular complexity index is 696. The van der Waals surface area contributed by atoms with Gasteiger partial charge in [0.2, 0.25) is 0 Å². The zero-order chi connectivity index (χ0) is 17.2. The van der Waals surface area contributed by atoms with Crippen molar-refractivity contribution >= 4 is 0 Å². The molecule has 0 aliphatic heterocycles. The smallest absolute Gasteiger partial charge is 0.489 e. The van der Waals surface area contributed by atoms with Crippen LogP contribution in [0.15, 0.2) is 30.6 Å². The van der Waals surface area contributed by atoms with Crippen LogP contribution in [0.3, 0.4) is 0 Å². The van der Waals surface area contributed by atoms with Gasteiger partial charge in [0, 0.05) is 18.3 Å². The van der Waals surface area contributed by atoms with Gasteiger partial charge in [-0.3, -0.25) is 4.68 Å². The molecule has 24 heavy (non-hydrogen) atoms. The maximum absolute atomic E-state index is 12.5. The van der Waals surface area contributed by atoms with Crippen molar-refractivity contribution < 1.29 is 22.6 Å². The van der Waals surface area contributed by atoms with Gasteiger partial charge in [-0.05, 0) is 36.5 Å². The van der Waals surface area contributed by atoms with Crippen LogP contribution in [0.25, 0.3) is 11.1 Å². The highest BCUT2D eigenvalue weighted by molar-refractivity contribution is 5.66. The van der Waals surface area contributed by atoms with Crippen LogP contribution in [0.1, 0.15) is 12.8 Å². The van der Waals surface area contributed by atoms with Crippen molar-refractivity contribution in [3.05, 3.63) is 30.6 Å². The molecule has 8 heteroatoms. The molecular formula is C16H18F3N3O2. The first-order valence-corrected chi connectivity index (χ1v) is 7.70. The number of nitrogens with two attached hydrogens (primary N) is 1. The molecule has 2 N–H and O–H groups in total. The van der Waals surface area contributed by atoms with E-state index in [0.29, 0.717) is 31.2 Å². The van der Waals surface area contributed by atoms with Gasteiger partial charge in [-0.25, -0.2) is 0 Å². The molecule has 0 atom stereocenters. The lowest BCUT2D eigenvalue weighted by atomic mass is 10.1. The fourth-order valence-corrected chi connectivity index (χ4v) is 2.27. The molecule has 1 aromatic carbocycles. The van der Waals surface area contributed by atoms with Crippen LogP contribution in [-0.2, 0) is 6.54 Å². The van der Waals surface area contributed by atoms with Crippen LogP contribution < -0.4 is 15.2 Å². The van der Waals surface area contributed by atoms with Crippen molar-refractivity contribution in [2.45, 2.75) is 25.7 Å². The summed E-state index contributed by atoms with van der Waals surface area (Å²) in [5.41, 5.74) is 6.96. The van der Waals surface area contributed by atoms with Crippen LogP contribution in [0.5, 0.6) is 11.5 Å². The Balaban J connectivity index is 1.84. The number of halogens is 3. The zero-order valence-electron chi connectivity index (χ0n) is 12.9. The molecule has 1 heterocycles. The molecule has 130 valence electrons. The van der Waals surface area contributed by atoms with Gasteiger partial charge in [0.25, 0.3) is 0 Å². The Morgan fingerprint density at radius 1 is 1.21 bits per heavy atom. The number of hydrogen-bond donors (Lipinski definition) is 1. The summed E-state index contributed by atoms with van der Waals surface area (Å²) in [4.78, 5) is 0. The largest absolute Gasteiger partial charge is 0.573 e. The fraction of sp³-hybridized carbons (Fsp3) is 0.438. The molecule has 0 saturated heterocycles. The zero-order valence-corrected chi connectivity index (χ0v) is 12.9. The second-order valence-corrected chi connectivity index (χ2v) is 5.74. The Morgan fingerprint density at radius 2 is 2.00 bits per heavy atom. The molecule has 0 unspecified atom stereocenters. The first-order chi connectivity index (χ1) is 11.4. The molecule has 1 aliphatic rings. The van der Waals surface area contributed by atoms with Crippen molar-refractivity contribution in [1.29, 1.82) is 0 Å². The number of hydrogen-bond acceptors (Lipinski definition) is 4. The van der Waals surface area contributed by atoms with E-state index in [1.54, 1.807) is 29.2 Å². The van der Waals surface area contributed by atoms with Crippen molar-refractivity contribution in [3.8, 4) is 22.6 Å². The molecule has 1 aromatic heterocycles. The number of alkyl halides is 3. The maximum Gasteiger partial charge on any atom is 0.573 e. The lowest BCUT2D eigenvalue weighted by Gasteiger charge is -2.15. The van der Waals surface area contributed by atoms with Gasteiger partial charge in [-0.2, -0.15) is 5.10 Å². The number of aromatic nitrogens is 2. The maximum atomic E-state index is 12.5. The Hall–Kier alpha value is -2.22. The Labute approximate surface area is 137 Å². The van der Waals surface area contributed by atoms with Gasteiger partial charge < -0.3 is 15.2 Å². The molecule has 0 bridgehead atoms. The van der Waals surface area contributed by atoms with Crippen molar-refractivity contribution in [2.24, 2.45) is 11.7 Å². The number of ether oxygens (including phenoxy) is 2. The summed E-state index contributed by atoms with van der Waals surface area (Å²) in [5.74, 6) is 0.171. The van der Waals surface area contributed by atoms with E-state index in [4.69, 9.17) is 10.5 Å². The molecular weight excluding hydrogens is 323 g/mol. The van der Waals surface area contributed by atoms with E-state index in [1.165, 1.54) is 6.07 Å². The lowest BCUT2D eigenvalue weighted by Crippen LogP contribution is -2.18. The molecule has 2 aromatic rings. The summed E-state index contributed by atoms with van der Waals surface area (Å²) >= 11 is 0. The molecule has 0 radical (unpaired) electrons. The monoisotopic (exact) mass is 341 g/mol. The van der Waals surface area contributed by atoms with Crippen LogP contribution in [-0.4, -0.2) is 29.3 Å². The lowest BCUT2D eigenvalue weighted by molar-refractivity contribution is -0.275. The minimum absolute atomic E-state index is 0.0864. The van der Waals surface area contributed by atoms with Crippen LogP contribution in [0.4, 0.5) is 13.2 Å². The number of benzene rings is 1. The summed E-state index contributed by atoms with van der Waals surface area (Å²) in [6.45, 7) is 1.42. The van der Waals surface area contributed by atoms with E-state index in [2.05, 4.69) is 9.84 Å². The summed E-state index contributed by atoms with van der Waals surface area (Å²) in [7, 11) is 0. The standard InChI is InChI=1S/C16H18F3N3O2/c17-16(18,19)24-14-4-3-12(7-15(14)23-10-11-1-2-11)13-8-21-22(9-13)6-5-20/h3-4,7-9,11H,1-2,5-6,10,20H2. The number of nitrogens with zero attached hydrogens (tertiary/aromatic N) is 2. The van der Waals surface area contributed by atoms with Crippen molar-refractivity contribution in [1.82, 2.24) is 9.78 Å². The predicted molar refractivity (Wildman–Crippen MR) is 81.6 cm³/mol. The van der Waals surface area contributed by atoms with Crippen LogP contribution in [0.2, 0.25) is 0 Å². The van der Waals surface area contributed by atoms with E-state index in [9.17, 15) is 13.2 Å². The van der Waals surface area contributed by atoms with Crippen molar-refractivity contribution in [3.63, 3.8) is 0 Å². The first kappa shape index (κ1) is 16.6. The Kier molecular flexibility index (Phi) is 4.66. The molecule has 0 spiro atoms. The second-order valence-electron chi connectivity index (χ2n) is 5.74. The summed E-state index contributed by atoms with van der Waals surface area (Å²) < 4.78 is 48.9. The van der Waals surface area contributed by atoms with Crippen LogP contribution >= 0.6 is 0 Å². The van der Waals surface area contributed by atoms with E-state index >= 15 is 0 Å². The molecule has 1 saturated carbocycles. The highest BCUT2D eigenvalue weighted by atomic mass is 19.4. The van der Waals surface area contributed by atoms with Gasteiger partial charge in [0.05, 0.1) is 19.3 Å². The highest BCUT2D eigenvalue weighted by Gasteiger charge is 2.33. The minimum Gasteiger partial charge on any atom is -0.489 e. The van der Waals surface area contributed by atoms with Gasteiger partial charge in [0.15, 0.2) is 11.5 Å². The van der Waals surface area contributed by atoms with E-state index in [-0.39, 0.29) is 11.5 Å². The van der Waals surface area contributed by atoms with Crippen molar-refractivity contribution in [2.75, 3.05) is 13.2 Å². The third kappa shape index (κ3) is 4.41. The third-order valence-corrected chi connectivity index (χ3v) is 3.67. The van der Waals surface area contributed by atoms with Gasteiger partial charge in [-0.1, -0.05) is 6.07 Å². The summed E-state index contributed by atoms with van der Waals surface area (Å²) in [6, 6.07) is 4.37. The Morgan fingerprint density at radius 3 is 2.67 bits per heavy atom. The van der Waals surface area contributed by atoms with Crippen LogP contribution in [0, 0.1) is 5.92 Å². The first-order valence-electron chi connectivity index (χ1n) is 7.70. The van der Waals surface area contributed by atoms with E-state index in [1.807, 2.05) is 0 Å². The van der Waals surface area contributed by atoms with Gasteiger partial charge in [0.1, 0.15) is 0 Å². The summed E-state index contributed by atoms with van der Waals surface area (Å²) in [5, 5.41) is 4.16. The summed E-state index contributed by atoms with van der Waals surface area (Å²) in [6.07, 6.45) is 0.754. The molecule has 0 amide bonds. The quantitative estimate of drug-likeness (QED) is 0.840. The second kappa shape index (κ2) is 6.72. The molecule has 3 rings (SSSR count). The van der Waals surface area contributed by atoms with Gasteiger partial charge >= 0.3 is 6.36 Å². The molecule has 5 nitrogen and oxygen atoms in total. The predicted octanol–water partition coefficient (Wildman–Crippen LogP) is 3.20. The SMILES string of the molecule is NCCn1cc(-c2ccc(OC(F)(F)F)c(OCC3CC3)c2)cn1. The molecule has 1 fully saturated rings. The third-order valence-electron chi connectivity index (χ3n) is 3.67. The average Bonchev–Trinajstić information content (AvgIpc) is 3.23. The molecule has 1 aliphatic carbocycles. The van der Waals surface area contributed by atoms with Gasteiger partial charge in [-0.15, -0.1) is 13.2 Å².